The fourth-order valence-corrected chi connectivity index (χ4v) is 4.79. The largest absolute Gasteiger partial charge is 0.244 e. The number of hydrogen-bond donors (Lipinski definition) is 0. The minimum Gasteiger partial charge on any atom is -0.207 e. The average molecular weight is 397 g/mol. The van der Waals surface area contributed by atoms with Gasteiger partial charge in [-0.2, -0.15) is 4.31 Å². The molecule has 0 radical (unpaired) electrons. The van der Waals surface area contributed by atoms with Gasteiger partial charge in [-0.3, -0.25) is 0 Å². The lowest BCUT2D eigenvalue weighted by molar-refractivity contribution is 0.411. The summed E-state index contributed by atoms with van der Waals surface area (Å²) in [6, 6.07) is 5.22. The van der Waals surface area contributed by atoms with E-state index in [0.29, 0.717) is 28.4 Å². The van der Waals surface area contributed by atoms with E-state index in [1.807, 2.05) is 13.0 Å². The van der Waals surface area contributed by atoms with E-state index >= 15 is 0 Å². The van der Waals surface area contributed by atoms with Crippen molar-refractivity contribution < 1.29 is 8.42 Å². The van der Waals surface area contributed by atoms with Crippen molar-refractivity contribution in [3.8, 4) is 0 Å². The van der Waals surface area contributed by atoms with Crippen LogP contribution in [0.3, 0.4) is 0 Å². The summed E-state index contributed by atoms with van der Waals surface area (Å²) in [5, 5.41) is 0. The van der Waals surface area contributed by atoms with Gasteiger partial charge in [-0.1, -0.05) is 22.9 Å². The second-order valence-corrected chi connectivity index (χ2v) is 8.15. The van der Waals surface area contributed by atoms with E-state index in [1.54, 1.807) is 16.4 Å². The number of halogens is 2. The maximum atomic E-state index is 12.6. The topological polar surface area (TPSA) is 37.4 Å². The molecule has 0 aliphatic heterocycles. The summed E-state index contributed by atoms with van der Waals surface area (Å²) in [5.74, 6) is 0.547. The monoisotopic (exact) mass is 395 g/mol. The fourth-order valence-electron chi connectivity index (χ4n) is 1.80. The van der Waals surface area contributed by atoms with Crippen LogP contribution >= 0.6 is 31.9 Å². The van der Waals surface area contributed by atoms with E-state index in [2.05, 4.69) is 31.9 Å². The van der Waals surface area contributed by atoms with Gasteiger partial charge < -0.3 is 0 Å². The maximum Gasteiger partial charge on any atom is 0.244 e. The first-order chi connectivity index (χ1) is 8.45. The molecule has 0 bridgehead atoms. The molecule has 0 unspecified atom stereocenters. The summed E-state index contributed by atoms with van der Waals surface area (Å²) in [4.78, 5) is 0.333. The predicted octanol–water partition coefficient (Wildman–Crippen LogP) is 3.63. The molecule has 100 valence electrons. The molecule has 0 spiro atoms. The van der Waals surface area contributed by atoms with Gasteiger partial charge in [-0.05, 0) is 52.9 Å². The molecule has 1 aromatic carbocycles. The van der Waals surface area contributed by atoms with Gasteiger partial charge in [-0.15, -0.1) is 0 Å². The van der Waals surface area contributed by atoms with Crippen LogP contribution in [0.25, 0.3) is 0 Å². The standard InChI is InChI=1S/C12H15Br2NO2S/c1-2-15(8-9-3-4-9)18(16,17)12-7-10(13)5-6-11(12)14/h5-7,9H,2-4,8H2,1H3. The molecule has 1 saturated carbocycles. The number of sulfonamides is 1. The van der Waals surface area contributed by atoms with Gasteiger partial charge in [0.15, 0.2) is 0 Å². The number of nitrogens with zero attached hydrogens (tertiary/aromatic N) is 1. The van der Waals surface area contributed by atoms with Crippen molar-refractivity contribution in [2.45, 2.75) is 24.7 Å². The van der Waals surface area contributed by atoms with Gasteiger partial charge in [0, 0.05) is 22.0 Å². The number of hydrogen-bond acceptors (Lipinski definition) is 2. The summed E-state index contributed by atoms with van der Waals surface area (Å²) in [5.41, 5.74) is 0. The molecular formula is C12H15Br2NO2S. The molecule has 1 fully saturated rings. The summed E-state index contributed by atoms with van der Waals surface area (Å²) >= 11 is 6.64. The van der Waals surface area contributed by atoms with Gasteiger partial charge in [0.1, 0.15) is 0 Å². The Labute approximate surface area is 125 Å². The van der Waals surface area contributed by atoms with Crippen molar-refractivity contribution in [1.82, 2.24) is 4.31 Å². The highest BCUT2D eigenvalue weighted by Gasteiger charge is 2.31. The molecule has 2 rings (SSSR count). The Kier molecular flexibility index (Phi) is 4.52. The molecule has 1 aromatic rings. The van der Waals surface area contributed by atoms with E-state index < -0.39 is 10.0 Å². The van der Waals surface area contributed by atoms with Crippen molar-refractivity contribution in [1.29, 1.82) is 0 Å². The SMILES string of the molecule is CCN(CC1CC1)S(=O)(=O)c1cc(Br)ccc1Br. The van der Waals surface area contributed by atoms with Crippen LogP contribution in [0.4, 0.5) is 0 Å². The molecule has 0 heterocycles. The molecule has 0 aromatic heterocycles. The zero-order valence-corrected chi connectivity index (χ0v) is 14.1. The maximum absolute atomic E-state index is 12.6. The van der Waals surface area contributed by atoms with Crippen LogP contribution in [0.2, 0.25) is 0 Å². The molecule has 0 N–H and O–H groups in total. The highest BCUT2D eigenvalue weighted by molar-refractivity contribution is 9.11. The summed E-state index contributed by atoms with van der Waals surface area (Å²) in [6.45, 7) is 3.03. The Bertz CT molecular complexity index is 541. The van der Waals surface area contributed by atoms with Crippen molar-refractivity contribution in [2.75, 3.05) is 13.1 Å². The van der Waals surface area contributed by atoms with Gasteiger partial charge in [-0.25, -0.2) is 8.42 Å². The highest BCUT2D eigenvalue weighted by Crippen LogP contribution is 2.33. The minimum atomic E-state index is -3.40. The smallest absolute Gasteiger partial charge is 0.207 e. The molecular weight excluding hydrogens is 382 g/mol. The van der Waals surface area contributed by atoms with Gasteiger partial charge in [0.25, 0.3) is 0 Å². The van der Waals surface area contributed by atoms with E-state index in [0.717, 1.165) is 17.3 Å². The Morgan fingerprint density at radius 3 is 2.56 bits per heavy atom. The third kappa shape index (κ3) is 3.15. The van der Waals surface area contributed by atoms with Crippen LogP contribution in [0.15, 0.2) is 32.0 Å². The molecule has 0 saturated heterocycles. The van der Waals surface area contributed by atoms with E-state index in [4.69, 9.17) is 0 Å². The lowest BCUT2D eigenvalue weighted by Gasteiger charge is -2.21. The number of rotatable bonds is 5. The Balaban J connectivity index is 2.35. The zero-order chi connectivity index (χ0) is 13.3. The van der Waals surface area contributed by atoms with Crippen molar-refractivity contribution in [3.63, 3.8) is 0 Å². The Hall–Kier alpha value is 0.0900. The molecule has 0 atom stereocenters. The van der Waals surface area contributed by atoms with Gasteiger partial charge in [0.2, 0.25) is 10.0 Å². The quantitative estimate of drug-likeness (QED) is 0.761. The highest BCUT2D eigenvalue weighted by atomic mass is 79.9. The van der Waals surface area contributed by atoms with Crippen molar-refractivity contribution in [2.24, 2.45) is 5.92 Å². The third-order valence-electron chi connectivity index (χ3n) is 3.02. The lowest BCUT2D eigenvalue weighted by Crippen LogP contribution is -2.33. The zero-order valence-electron chi connectivity index (χ0n) is 10.1. The first-order valence-corrected chi connectivity index (χ1v) is 8.93. The Morgan fingerprint density at radius 1 is 1.33 bits per heavy atom. The molecule has 0 amide bonds. The van der Waals surface area contributed by atoms with Gasteiger partial charge >= 0.3 is 0 Å². The average Bonchev–Trinajstić information content (AvgIpc) is 3.12. The fraction of sp³-hybridized carbons (Fsp3) is 0.500. The molecule has 6 heteroatoms. The third-order valence-corrected chi connectivity index (χ3v) is 6.45. The molecule has 3 nitrogen and oxygen atoms in total. The normalized spacial score (nSPS) is 16.2. The molecule has 18 heavy (non-hydrogen) atoms. The van der Waals surface area contributed by atoms with Crippen LogP contribution in [0.1, 0.15) is 19.8 Å². The van der Waals surface area contributed by atoms with Crippen molar-refractivity contribution >= 4 is 41.9 Å². The Morgan fingerprint density at radius 2 is 2.00 bits per heavy atom. The summed E-state index contributed by atoms with van der Waals surface area (Å²) in [6.07, 6.45) is 2.29. The first-order valence-electron chi connectivity index (χ1n) is 5.90. The first kappa shape index (κ1) is 14.5. The predicted molar refractivity (Wildman–Crippen MR) is 79.0 cm³/mol. The molecule has 1 aliphatic rings. The van der Waals surface area contributed by atoms with E-state index in [-0.39, 0.29) is 0 Å². The van der Waals surface area contributed by atoms with E-state index in [9.17, 15) is 8.42 Å². The van der Waals surface area contributed by atoms with Crippen LogP contribution in [-0.2, 0) is 10.0 Å². The van der Waals surface area contributed by atoms with Crippen LogP contribution in [0, 0.1) is 5.92 Å². The lowest BCUT2D eigenvalue weighted by atomic mass is 10.4. The second kappa shape index (κ2) is 5.61. The van der Waals surface area contributed by atoms with Crippen LogP contribution in [-0.4, -0.2) is 25.8 Å². The summed E-state index contributed by atoms with van der Waals surface area (Å²) in [7, 11) is -3.40. The molecule has 1 aliphatic carbocycles. The minimum absolute atomic E-state index is 0.333. The number of benzene rings is 1. The second-order valence-electron chi connectivity index (χ2n) is 4.47. The summed E-state index contributed by atoms with van der Waals surface area (Å²) < 4.78 is 28.1. The van der Waals surface area contributed by atoms with Crippen LogP contribution < -0.4 is 0 Å². The van der Waals surface area contributed by atoms with Gasteiger partial charge in [0.05, 0.1) is 4.90 Å². The van der Waals surface area contributed by atoms with Crippen LogP contribution in [0.5, 0.6) is 0 Å². The van der Waals surface area contributed by atoms with E-state index in [1.165, 1.54) is 0 Å². The van der Waals surface area contributed by atoms with Crippen molar-refractivity contribution in [3.05, 3.63) is 27.1 Å².